The Morgan fingerprint density at radius 3 is 2.52 bits per heavy atom. The zero-order valence-electron chi connectivity index (χ0n) is 13.1. The molecule has 122 valence electrons. The van der Waals surface area contributed by atoms with Crippen LogP contribution in [-0.4, -0.2) is 25.6 Å². The van der Waals surface area contributed by atoms with E-state index in [4.69, 9.17) is 16.3 Å². The van der Waals surface area contributed by atoms with Gasteiger partial charge in [0.1, 0.15) is 12.4 Å². The largest absolute Gasteiger partial charge is 0.492 e. The van der Waals surface area contributed by atoms with Gasteiger partial charge in [0.05, 0.1) is 13.1 Å². The fourth-order valence-corrected chi connectivity index (χ4v) is 2.18. The highest BCUT2D eigenvalue weighted by atomic mass is 35.5. The molecule has 2 N–H and O–H groups in total. The van der Waals surface area contributed by atoms with Gasteiger partial charge in [-0.05, 0) is 36.8 Å². The molecule has 0 bridgehead atoms. The first-order valence-electron chi connectivity index (χ1n) is 7.58. The lowest BCUT2D eigenvalue weighted by atomic mass is 10.1. The van der Waals surface area contributed by atoms with Gasteiger partial charge >= 0.3 is 0 Å². The minimum Gasteiger partial charge on any atom is -0.492 e. The molecular weight excluding hydrogens is 312 g/mol. The van der Waals surface area contributed by atoms with Crippen LogP contribution in [-0.2, 0) is 4.79 Å². The van der Waals surface area contributed by atoms with E-state index in [9.17, 15) is 4.79 Å². The van der Waals surface area contributed by atoms with E-state index in [0.29, 0.717) is 18.2 Å². The average Bonchev–Trinajstić information content (AvgIpc) is 2.59. The lowest BCUT2D eigenvalue weighted by Crippen LogP contribution is -2.36. The Balaban J connectivity index is 1.61. The molecule has 1 atom stereocenters. The number of carbonyl (C=O) groups excluding carboxylic acids is 1. The third-order valence-electron chi connectivity index (χ3n) is 3.37. The lowest BCUT2D eigenvalue weighted by Gasteiger charge is -2.14. The Hall–Kier alpha value is -2.04. The predicted octanol–water partition coefficient (Wildman–Crippen LogP) is 3.19. The zero-order chi connectivity index (χ0) is 16.5. The second-order valence-electron chi connectivity index (χ2n) is 5.17. The summed E-state index contributed by atoms with van der Waals surface area (Å²) in [6.45, 7) is 3.19. The van der Waals surface area contributed by atoms with E-state index in [1.54, 1.807) is 24.3 Å². The molecule has 0 aromatic heterocycles. The van der Waals surface area contributed by atoms with E-state index in [-0.39, 0.29) is 18.5 Å². The molecule has 2 aromatic rings. The van der Waals surface area contributed by atoms with E-state index in [1.807, 2.05) is 37.3 Å². The first-order valence-corrected chi connectivity index (χ1v) is 7.96. The number of rotatable bonds is 8. The molecular formula is C18H21ClN2O2. The number of nitrogens with one attached hydrogen (secondary N) is 2. The first kappa shape index (κ1) is 17.3. The van der Waals surface area contributed by atoms with Crippen molar-refractivity contribution < 1.29 is 9.53 Å². The van der Waals surface area contributed by atoms with Crippen molar-refractivity contribution in [2.45, 2.75) is 13.0 Å². The molecule has 2 rings (SSSR count). The summed E-state index contributed by atoms with van der Waals surface area (Å²) in [5.41, 5.74) is 1.16. The van der Waals surface area contributed by atoms with Crippen LogP contribution >= 0.6 is 11.6 Å². The van der Waals surface area contributed by atoms with Gasteiger partial charge in [-0.2, -0.15) is 0 Å². The highest BCUT2D eigenvalue weighted by molar-refractivity contribution is 6.30. The molecule has 0 aliphatic carbocycles. The minimum atomic E-state index is -0.0486. The molecule has 0 saturated heterocycles. The molecule has 1 amide bonds. The van der Waals surface area contributed by atoms with Crippen LogP contribution in [0.5, 0.6) is 5.75 Å². The molecule has 0 aliphatic rings. The maximum Gasteiger partial charge on any atom is 0.234 e. The summed E-state index contributed by atoms with van der Waals surface area (Å²) in [7, 11) is 0. The Morgan fingerprint density at radius 2 is 1.83 bits per heavy atom. The van der Waals surface area contributed by atoms with Crippen LogP contribution < -0.4 is 15.4 Å². The molecule has 0 spiro atoms. The van der Waals surface area contributed by atoms with E-state index in [2.05, 4.69) is 10.6 Å². The van der Waals surface area contributed by atoms with Crippen molar-refractivity contribution in [1.29, 1.82) is 0 Å². The van der Waals surface area contributed by atoms with Gasteiger partial charge in [-0.15, -0.1) is 0 Å². The highest BCUT2D eigenvalue weighted by Crippen LogP contribution is 2.15. The smallest absolute Gasteiger partial charge is 0.234 e. The quantitative estimate of drug-likeness (QED) is 0.730. The fraction of sp³-hybridized carbons (Fsp3) is 0.278. The zero-order valence-corrected chi connectivity index (χ0v) is 13.8. The van der Waals surface area contributed by atoms with Crippen LogP contribution in [0.3, 0.4) is 0 Å². The van der Waals surface area contributed by atoms with Gasteiger partial charge in [-0.3, -0.25) is 4.79 Å². The summed E-state index contributed by atoms with van der Waals surface area (Å²) in [5.74, 6) is 0.687. The third-order valence-corrected chi connectivity index (χ3v) is 3.63. The molecule has 5 heteroatoms. The Kier molecular flexibility index (Phi) is 6.91. The van der Waals surface area contributed by atoms with Crippen molar-refractivity contribution in [1.82, 2.24) is 10.6 Å². The third kappa shape index (κ3) is 6.30. The number of ether oxygens (including phenoxy) is 1. The highest BCUT2D eigenvalue weighted by Gasteiger charge is 2.06. The SMILES string of the molecule is C[C@@H](NCC(=O)NCCOc1ccc(Cl)cc1)c1ccccc1. The molecule has 0 fully saturated rings. The van der Waals surface area contributed by atoms with Crippen LogP contribution in [0.2, 0.25) is 5.02 Å². The van der Waals surface area contributed by atoms with E-state index >= 15 is 0 Å². The van der Waals surface area contributed by atoms with Crippen molar-refractivity contribution in [3.63, 3.8) is 0 Å². The van der Waals surface area contributed by atoms with Gasteiger partial charge in [0.2, 0.25) is 5.91 Å². The van der Waals surface area contributed by atoms with Crippen molar-refractivity contribution >= 4 is 17.5 Å². The predicted molar refractivity (Wildman–Crippen MR) is 92.8 cm³/mol. The van der Waals surface area contributed by atoms with Crippen LogP contribution in [0.4, 0.5) is 0 Å². The number of benzene rings is 2. The summed E-state index contributed by atoms with van der Waals surface area (Å²) >= 11 is 5.80. The minimum absolute atomic E-state index is 0.0486. The van der Waals surface area contributed by atoms with Gasteiger partial charge in [0, 0.05) is 11.1 Å². The first-order chi connectivity index (χ1) is 11.1. The molecule has 4 nitrogen and oxygen atoms in total. The van der Waals surface area contributed by atoms with Gasteiger partial charge in [0.25, 0.3) is 0 Å². The summed E-state index contributed by atoms with van der Waals surface area (Å²) < 4.78 is 5.51. The van der Waals surface area contributed by atoms with Gasteiger partial charge in [-0.25, -0.2) is 0 Å². The number of hydrogen-bond donors (Lipinski definition) is 2. The maximum atomic E-state index is 11.8. The molecule has 0 unspecified atom stereocenters. The van der Waals surface area contributed by atoms with Crippen LogP contribution in [0.25, 0.3) is 0 Å². The number of halogens is 1. The Labute approximate surface area is 141 Å². The van der Waals surface area contributed by atoms with E-state index in [1.165, 1.54) is 0 Å². The molecule has 0 heterocycles. The molecule has 23 heavy (non-hydrogen) atoms. The van der Waals surface area contributed by atoms with Gasteiger partial charge in [0.15, 0.2) is 0 Å². The topological polar surface area (TPSA) is 50.4 Å². The van der Waals surface area contributed by atoms with E-state index in [0.717, 1.165) is 11.3 Å². The Morgan fingerprint density at radius 1 is 1.13 bits per heavy atom. The van der Waals surface area contributed by atoms with Crippen molar-refractivity contribution in [3.8, 4) is 5.75 Å². The number of amides is 1. The second kappa shape index (κ2) is 9.18. The second-order valence-corrected chi connectivity index (χ2v) is 5.60. The van der Waals surface area contributed by atoms with E-state index < -0.39 is 0 Å². The average molecular weight is 333 g/mol. The Bertz CT molecular complexity index is 602. The maximum absolute atomic E-state index is 11.8. The molecule has 0 radical (unpaired) electrons. The van der Waals surface area contributed by atoms with Crippen molar-refractivity contribution in [3.05, 3.63) is 65.2 Å². The van der Waals surface area contributed by atoms with Crippen LogP contribution in [0, 0.1) is 0 Å². The monoisotopic (exact) mass is 332 g/mol. The van der Waals surface area contributed by atoms with Crippen LogP contribution in [0.1, 0.15) is 18.5 Å². The molecule has 2 aromatic carbocycles. The molecule has 0 saturated carbocycles. The van der Waals surface area contributed by atoms with Crippen molar-refractivity contribution in [2.75, 3.05) is 19.7 Å². The summed E-state index contributed by atoms with van der Waals surface area (Å²) in [6.07, 6.45) is 0. The normalized spacial score (nSPS) is 11.7. The number of hydrogen-bond acceptors (Lipinski definition) is 3. The van der Waals surface area contributed by atoms with Crippen LogP contribution in [0.15, 0.2) is 54.6 Å². The van der Waals surface area contributed by atoms with Crippen molar-refractivity contribution in [2.24, 2.45) is 0 Å². The summed E-state index contributed by atoms with van der Waals surface area (Å²) in [4.78, 5) is 11.8. The van der Waals surface area contributed by atoms with Gasteiger partial charge < -0.3 is 15.4 Å². The standard InChI is InChI=1S/C18H21ClN2O2/c1-14(15-5-3-2-4-6-15)21-13-18(22)20-11-12-23-17-9-7-16(19)8-10-17/h2-10,14,21H,11-13H2,1H3,(H,20,22)/t14-/m1/s1. The summed E-state index contributed by atoms with van der Waals surface area (Å²) in [6, 6.07) is 17.3. The number of carbonyl (C=O) groups is 1. The fourth-order valence-electron chi connectivity index (χ4n) is 2.06. The summed E-state index contributed by atoms with van der Waals surface area (Å²) in [5, 5.41) is 6.69. The van der Waals surface area contributed by atoms with Gasteiger partial charge in [-0.1, -0.05) is 41.9 Å². The lowest BCUT2D eigenvalue weighted by molar-refractivity contribution is -0.120. The molecule has 0 aliphatic heterocycles.